The molecular formula is C18H19N3OS. The second-order valence-electron chi connectivity index (χ2n) is 5.66. The van der Waals surface area contributed by atoms with Gasteiger partial charge in [0.15, 0.2) is 0 Å². The number of nitrogens with zero attached hydrogens (tertiary/aromatic N) is 2. The molecule has 1 N–H and O–H groups in total. The van der Waals surface area contributed by atoms with Crippen LogP contribution in [0.3, 0.4) is 0 Å². The molecule has 0 bridgehead atoms. The van der Waals surface area contributed by atoms with Crippen molar-refractivity contribution < 1.29 is 4.74 Å². The van der Waals surface area contributed by atoms with Crippen LogP contribution in [-0.2, 0) is 0 Å². The molecule has 3 aromatic rings. The number of aromatic nitrogens is 2. The third kappa shape index (κ3) is 2.80. The van der Waals surface area contributed by atoms with E-state index in [1.807, 2.05) is 38.4 Å². The van der Waals surface area contributed by atoms with Crippen molar-refractivity contribution in [3.63, 3.8) is 0 Å². The molecule has 3 rings (SSSR count). The normalized spacial score (nSPS) is 10.8. The fourth-order valence-corrected chi connectivity index (χ4v) is 3.02. The van der Waals surface area contributed by atoms with Gasteiger partial charge < -0.3 is 14.6 Å². The molecule has 1 aromatic heterocycles. The van der Waals surface area contributed by atoms with Gasteiger partial charge in [-0.25, -0.2) is 4.98 Å². The fourth-order valence-electron chi connectivity index (χ4n) is 2.66. The van der Waals surface area contributed by atoms with E-state index in [2.05, 4.69) is 33.9 Å². The first-order valence-corrected chi connectivity index (χ1v) is 7.77. The zero-order valence-electron chi connectivity index (χ0n) is 13.7. The monoisotopic (exact) mass is 325 g/mol. The van der Waals surface area contributed by atoms with Crippen molar-refractivity contribution in [2.24, 2.45) is 0 Å². The van der Waals surface area contributed by atoms with Crippen LogP contribution >= 0.6 is 12.2 Å². The van der Waals surface area contributed by atoms with Gasteiger partial charge in [0.25, 0.3) is 0 Å². The standard InChI is InChI=1S/C18H19N3OS/c1-11-6-5-7-15(21(2)3)16(11)17(23)18-19-13-9-8-12(22-4)10-14(13)20-18/h5-10H,1-4H3,(H,19,20). The molecule has 0 radical (unpaired) electrons. The van der Waals surface area contributed by atoms with Gasteiger partial charge in [-0.1, -0.05) is 24.4 Å². The minimum Gasteiger partial charge on any atom is -0.497 e. The van der Waals surface area contributed by atoms with Gasteiger partial charge in [-0.05, 0) is 30.7 Å². The molecule has 0 aliphatic rings. The number of nitrogens with one attached hydrogen (secondary N) is 1. The SMILES string of the molecule is COc1ccc2nc(C(=S)c3c(C)cccc3N(C)C)[nH]c2c1. The van der Waals surface area contributed by atoms with Crippen LogP contribution in [0, 0.1) is 6.92 Å². The summed E-state index contributed by atoms with van der Waals surface area (Å²) in [7, 11) is 5.69. The number of methoxy groups -OCH3 is 1. The molecule has 0 aliphatic heterocycles. The lowest BCUT2D eigenvalue weighted by molar-refractivity contribution is 0.415. The number of ether oxygens (including phenoxy) is 1. The molecule has 0 fully saturated rings. The van der Waals surface area contributed by atoms with Crippen LogP contribution in [0.2, 0.25) is 0 Å². The lowest BCUT2D eigenvalue weighted by Gasteiger charge is -2.19. The summed E-state index contributed by atoms with van der Waals surface area (Å²) in [6, 6.07) is 11.9. The van der Waals surface area contributed by atoms with Crippen LogP contribution in [0.4, 0.5) is 5.69 Å². The predicted octanol–water partition coefficient (Wildman–Crippen LogP) is 3.71. The van der Waals surface area contributed by atoms with Crippen molar-refractivity contribution >= 4 is 33.8 Å². The number of aromatic amines is 1. The number of benzene rings is 2. The molecule has 0 saturated heterocycles. The Balaban J connectivity index is 2.11. The topological polar surface area (TPSA) is 41.1 Å². The fraction of sp³-hybridized carbons (Fsp3) is 0.222. The maximum atomic E-state index is 5.73. The Morgan fingerprint density at radius 2 is 2.00 bits per heavy atom. The van der Waals surface area contributed by atoms with E-state index in [9.17, 15) is 0 Å². The van der Waals surface area contributed by atoms with Gasteiger partial charge in [-0.3, -0.25) is 0 Å². The van der Waals surface area contributed by atoms with Gasteiger partial charge >= 0.3 is 0 Å². The average Bonchev–Trinajstić information content (AvgIpc) is 2.96. The first-order valence-electron chi connectivity index (χ1n) is 7.36. The van der Waals surface area contributed by atoms with Gasteiger partial charge in [0.05, 0.1) is 23.0 Å². The largest absolute Gasteiger partial charge is 0.497 e. The average molecular weight is 325 g/mol. The van der Waals surface area contributed by atoms with E-state index in [0.717, 1.165) is 38.5 Å². The highest BCUT2D eigenvalue weighted by Gasteiger charge is 2.17. The van der Waals surface area contributed by atoms with E-state index in [4.69, 9.17) is 17.0 Å². The van der Waals surface area contributed by atoms with Crippen molar-refractivity contribution in [2.45, 2.75) is 6.92 Å². The maximum absolute atomic E-state index is 5.73. The molecule has 0 aliphatic carbocycles. The Labute approximate surface area is 141 Å². The summed E-state index contributed by atoms with van der Waals surface area (Å²) < 4.78 is 5.26. The van der Waals surface area contributed by atoms with Crippen molar-refractivity contribution in [2.75, 3.05) is 26.1 Å². The Bertz CT molecular complexity index is 883. The first kappa shape index (κ1) is 15.5. The molecule has 0 saturated carbocycles. The smallest absolute Gasteiger partial charge is 0.150 e. The molecule has 1 heterocycles. The van der Waals surface area contributed by atoms with Gasteiger partial charge in [0, 0.05) is 31.4 Å². The third-order valence-electron chi connectivity index (χ3n) is 3.86. The highest BCUT2D eigenvalue weighted by Crippen LogP contribution is 2.26. The zero-order chi connectivity index (χ0) is 16.6. The van der Waals surface area contributed by atoms with Crippen LogP contribution in [0.15, 0.2) is 36.4 Å². The van der Waals surface area contributed by atoms with Crippen LogP contribution < -0.4 is 9.64 Å². The van der Waals surface area contributed by atoms with Gasteiger partial charge in [0.2, 0.25) is 0 Å². The molecule has 0 spiro atoms. The van der Waals surface area contributed by atoms with Gasteiger partial charge in [-0.2, -0.15) is 0 Å². The number of rotatable bonds is 4. The van der Waals surface area contributed by atoms with Crippen molar-refractivity contribution in [1.29, 1.82) is 0 Å². The summed E-state index contributed by atoms with van der Waals surface area (Å²) in [6.45, 7) is 2.07. The number of aryl methyl sites for hydroxylation is 1. The molecule has 4 nitrogen and oxygen atoms in total. The molecule has 2 aromatic carbocycles. The van der Waals surface area contributed by atoms with Crippen LogP contribution in [-0.4, -0.2) is 36.0 Å². The lowest BCUT2D eigenvalue weighted by atomic mass is 10.0. The Hall–Kier alpha value is -2.40. The number of imidazole rings is 1. The Morgan fingerprint density at radius 1 is 1.22 bits per heavy atom. The van der Waals surface area contributed by atoms with E-state index < -0.39 is 0 Å². The summed E-state index contributed by atoms with van der Waals surface area (Å²) in [4.78, 5) is 10.7. The summed E-state index contributed by atoms with van der Waals surface area (Å²) >= 11 is 5.73. The molecular weight excluding hydrogens is 306 g/mol. The number of anilines is 1. The van der Waals surface area contributed by atoms with Gasteiger partial charge in [-0.15, -0.1) is 0 Å². The van der Waals surface area contributed by atoms with Crippen molar-refractivity contribution in [3.8, 4) is 5.75 Å². The van der Waals surface area contributed by atoms with E-state index in [0.29, 0.717) is 5.82 Å². The minimum atomic E-state index is 0.709. The molecule has 118 valence electrons. The van der Waals surface area contributed by atoms with E-state index in [-0.39, 0.29) is 0 Å². The number of fused-ring (bicyclic) bond motifs is 1. The highest BCUT2D eigenvalue weighted by molar-refractivity contribution is 7.81. The predicted molar refractivity (Wildman–Crippen MR) is 99.0 cm³/mol. The minimum absolute atomic E-state index is 0.709. The second kappa shape index (κ2) is 6.01. The van der Waals surface area contributed by atoms with E-state index in [1.54, 1.807) is 7.11 Å². The molecule has 0 unspecified atom stereocenters. The number of H-pyrrole nitrogens is 1. The molecule has 0 atom stereocenters. The molecule has 5 heteroatoms. The number of hydrogen-bond acceptors (Lipinski definition) is 4. The Kier molecular flexibility index (Phi) is 4.05. The third-order valence-corrected chi connectivity index (χ3v) is 4.26. The quantitative estimate of drug-likeness (QED) is 0.586. The van der Waals surface area contributed by atoms with Crippen molar-refractivity contribution in [1.82, 2.24) is 9.97 Å². The summed E-state index contributed by atoms with van der Waals surface area (Å²) in [5, 5.41) is 0. The highest BCUT2D eigenvalue weighted by atomic mass is 32.1. The Morgan fingerprint density at radius 3 is 2.70 bits per heavy atom. The second-order valence-corrected chi connectivity index (χ2v) is 6.07. The van der Waals surface area contributed by atoms with E-state index >= 15 is 0 Å². The number of hydrogen-bond donors (Lipinski definition) is 1. The van der Waals surface area contributed by atoms with Crippen LogP contribution in [0.5, 0.6) is 5.75 Å². The van der Waals surface area contributed by atoms with Crippen LogP contribution in [0.1, 0.15) is 17.0 Å². The summed E-state index contributed by atoms with van der Waals surface area (Å²) in [5.41, 5.74) is 5.07. The maximum Gasteiger partial charge on any atom is 0.150 e. The van der Waals surface area contributed by atoms with E-state index in [1.165, 1.54) is 0 Å². The number of thiocarbonyl (C=S) groups is 1. The summed E-state index contributed by atoms with van der Waals surface area (Å²) in [6.07, 6.45) is 0. The molecule has 23 heavy (non-hydrogen) atoms. The van der Waals surface area contributed by atoms with Gasteiger partial charge in [0.1, 0.15) is 11.6 Å². The zero-order valence-corrected chi connectivity index (χ0v) is 14.5. The lowest BCUT2D eigenvalue weighted by Crippen LogP contribution is -2.15. The summed E-state index contributed by atoms with van der Waals surface area (Å²) in [5.74, 6) is 1.50. The van der Waals surface area contributed by atoms with Crippen molar-refractivity contribution in [3.05, 3.63) is 53.3 Å². The van der Waals surface area contributed by atoms with Crippen LogP contribution in [0.25, 0.3) is 11.0 Å². The first-order chi connectivity index (χ1) is 11.0. The molecule has 0 amide bonds.